The third-order valence-electron chi connectivity index (χ3n) is 2.35. The SMILES string of the molecule is CCNc1ncnc(OC(C)C(F)(F)F)c1CC. The Labute approximate surface area is 104 Å². The van der Waals surface area contributed by atoms with Crippen LogP contribution < -0.4 is 10.1 Å². The minimum atomic E-state index is -4.41. The fraction of sp³-hybridized carbons (Fsp3) is 0.636. The Bertz CT molecular complexity index is 396. The molecular weight excluding hydrogens is 247 g/mol. The fourth-order valence-corrected chi connectivity index (χ4v) is 1.37. The van der Waals surface area contributed by atoms with Crippen LogP contribution in [0.15, 0.2) is 6.33 Å². The molecule has 0 radical (unpaired) electrons. The van der Waals surface area contributed by atoms with Crippen LogP contribution in [-0.4, -0.2) is 28.8 Å². The van der Waals surface area contributed by atoms with E-state index in [4.69, 9.17) is 4.74 Å². The molecule has 1 N–H and O–H groups in total. The molecule has 1 unspecified atom stereocenters. The van der Waals surface area contributed by atoms with Crippen LogP contribution in [0.1, 0.15) is 26.3 Å². The molecule has 1 atom stereocenters. The van der Waals surface area contributed by atoms with Gasteiger partial charge < -0.3 is 10.1 Å². The van der Waals surface area contributed by atoms with E-state index in [2.05, 4.69) is 15.3 Å². The van der Waals surface area contributed by atoms with E-state index in [9.17, 15) is 13.2 Å². The van der Waals surface area contributed by atoms with Crippen molar-refractivity contribution in [3.63, 3.8) is 0 Å². The first-order chi connectivity index (χ1) is 8.40. The van der Waals surface area contributed by atoms with Crippen LogP contribution in [0.2, 0.25) is 0 Å². The van der Waals surface area contributed by atoms with Crippen LogP contribution in [0.4, 0.5) is 19.0 Å². The van der Waals surface area contributed by atoms with Crippen molar-refractivity contribution in [1.82, 2.24) is 9.97 Å². The van der Waals surface area contributed by atoms with Gasteiger partial charge in [-0.1, -0.05) is 6.92 Å². The Kier molecular flexibility index (Phi) is 4.75. The fourth-order valence-electron chi connectivity index (χ4n) is 1.37. The Balaban J connectivity index is 2.98. The highest BCUT2D eigenvalue weighted by Crippen LogP contribution is 2.28. The van der Waals surface area contributed by atoms with Gasteiger partial charge in [0.05, 0.1) is 5.56 Å². The molecule has 0 saturated carbocycles. The molecule has 0 spiro atoms. The van der Waals surface area contributed by atoms with E-state index in [0.717, 1.165) is 6.92 Å². The van der Waals surface area contributed by atoms with E-state index in [1.165, 1.54) is 6.33 Å². The number of hydrogen-bond acceptors (Lipinski definition) is 4. The molecule has 1 heterocycles. The monoisotopic (exact) mass is 263 g/mol. The van der Waals surface area contributed by atoms with Gasteiger partial charge in [-0.15, -0.1) is 0 Å². The summed E-state index contributed by atoms with van der Waals surface area (Å²) in [5.74, 6) is 0.493. The molecule has 1 aromatic rings. The average Bonchev–Trinajstić information content (AvgIpc) is 2.28. The summed E-state index contributed by atoms with van der Waals surface area (Å²) in [5, 5.41) is 2.97. The molecule has 18 heavy (non-hydrogen) atoms. The smallest absolute Gasteiger partial charge is 0.425 e. The highest BCUT2D eigenvalue weighted by Gasteiger charge is 2.38. The van der Waals surface area contributed by atoms with Crippen molar-refractivity contribution in [2.45, 2.75) is 39.5 Å². The lowest BCUT2D eigenvalue weighted by Crippen LogP contribution is -2.31. The van der Waals surface area contributed by atoms with Gasteiger partial charge in [0, 0.05) is 6.54 Å². The van der Waals surface area contributed by atoms with Gasteiger partial charge in [0.25, 0.3) is 0 Å². The summed E-state index contributed by atoms with van der Waals surface area (Å²) >= 11 is 0. The molecule has 4 nitrogen and oxygen atoms in total. The maximum atomic E-state index is 12.4. The van der Waals surface area contributed by atoms with E-state index in [0.29, 0.717) is 24.3 Å². The number of alkyl halides is 3. The predicted octanol–water partition coefficient (Wildman–Crippen LogP) is 2.80. The number of halogens is 3. The van der Waals surface area contributed by atoms with Crippen molar-refractivity contribution in [3.8, 4) is 5.88 Å². The van der Waals surface area contributed by atoms with Gasteiger partial charge in [0.15, 0.2) is 6.10 Å². The van der Waals surface area contributed by atoms with E-state index < -0.39 is 12.3 Å². The van der Waals surface area contributed by atoms with Crippen LogP contribution in [0.5, 0.6) is 5.88 Å². The first kappa shape index (κ1) is 14.5. The second-order valence-electron chi connectivity index (χ2n) is 3.69. The van der Waals surface area contributed by atoms with E-state index in [1.54, 1.807) is 0 Å². The van der Waals surface area contributed by atoms with Gasteiger partial charge in [-0.3, -0.25) is 0 Å². The number of anilines is 1. The summed E-state index contributed by atoms with van der Waals surface area (Å²) in [4.78, 5) is 7.76. The second kappa shape index (κ2) is 5.88. The molecule has 0 aromatic carbocycles. The third kappa shape index (κ3) is 3.48. The largest absolute Gasteiger partial charge is 0.465 e. The van der Waals surface area contributed by atoms with Gasteiger partial charge >= 0.3 is 6.18 Å². The van der Waals surface area contributed by atoms with Crippen molar-refractivity contribution in [2.75, 3.05) is 11.9 Å². The van der Waals surface area contributed by atoms with Gasteiger partial charge in [0.2, 0.25) is 5.88 Å². The van der Waals surface area contributed by atoms with Crippen molar-refractivity contribution >= 4 is 5.82 Å². The summed E-state index contributed by atoms with van der Waals surface area (Å²) < 4.78 is 42.2. The number of rotatable bonds is 5. The summed E-state index contributed by atoms with van der Waals surface area (Å²) in [6, 6.07) is 0. The standard InChI is InChI=1S/C11H16F3N3O/c1-4-8-9(15-5-2)16-6-17-10(8)18-7(3)11(12,13)14/h6-7H,4-5H2,1-3H3,(H,15,16,17). The van der Waals surface area contributed by atoms with Crippen LogP contribution in [0, 0.1) is 0 Å². The maximum absolute atomic E-state index is 12.4. The Morgan fingerprint density at radius 1 is 1.33 bits per heavy atom. The van der Waals surface area contributed by atoms with E-state index in [1.807, 2.05) is 13.8 Å². The lowest BCUT2D eigenvalue weighted by atomic mass is 10.2. The average molecular weight is 263 g/mol. The lowest BCUT2D eigenvalue weighted by molar-refractivity contribution is -0.190. The normalized spacial score (nSPS) is 13.2. The van der Waals surface area contributed by atoms with Crippen LogP contribution in [0.25, 0.3) is 0 Å². The first-order valence-corrected chi connectivity index (χ1v) is 5.71. The molecule has 0 bridgehead atoms. The molecule has 0 aliphatic carbocycles. The molecule has 1 aromatic heterocycles. The van der Waals surface area contributed by atoms with E-state index in [-0.39, 0.29) is 5.88 Å². The summed E-state index contributed by atoms with van der Waals surface area (Å²) in [6.07, 6.45) is -4.63. The lowest BCUT2D eigenvalue weighted by Gasteiger charge is -2.19. The Hall–Kier alpha value is -1.53. The zero-order chi connectivity index (χ0) is 13.8. The molecule has 0 fully saturated rings. The summed E-state index contributed by atoms with van der Waals surface area (Å²) in [5.41, 5.74) is 0.551. The van der Waals surface area contributed by atoms with Crippen LogP contribution in [0.3, 0.4) is 0 Å². The molecule has 102 valence electrons. The number of aromatic nitrogens is 2. The number of nitrogens with zero attached hydrogens (tertiary/aromatic N) is 2. The molecular formula is C11H16F3N3O. The van der Waals surface area contributed by atoms with Crippen molar-refractivity contribution in [3.05, 3.63) is 11.9 Å². The molecule has 1 rings (SSSR count). The van der Waals surface area contributed by atoms with Crippen molar-refractivity contribution in [1.29, 1.82) is 0 Å². The third-order valence-corrected chi connectivity index (χ3v) is 2.35. The summed E-state index contributed by atoms with van der Waals surface area (Å²) in [6.45, 7) is 5.26. The van der Waals surface area contributed by atoms with Crippen molar-refractivity contribution < 1.29 is 17.9 Å². The first-order valence-electron chi connectivity index (χ1n) is 5.71. The van der Waals surface area contributed by atoms with Crippen molar-refractivity contribution in [2.24, 2.45) is 0 Å². The predicted molar refractivity (Wildman–Crippen MR) is 61.7 cm³/mol. The maximum Gasteiger partial charge on any atom is 0.425 e. The molecule has 7 heteroatoms. The number of hydrogen-bond donors (Lipinski definition) is 1. The highest BCUT2D eigenvalue weighted by atomic mass is 19.4. The zero-order valence-electron chi connectivity index (χ0n) is 10.5. The molecule has 0 aliphatic rings. The molecule has 0 aliphatic heterocycles. The molecule has 0 saturated heterocycles. The minimum absolute atomic E-state index is 0.0201. The zero-order valence-corrected chi connectivity index (χ0v) is 10.5. The van der Waals surface area contributed by atoms with Gasteiger partial charge in [0.1, 0.15) is 12.1 Å². The van der Waals surface area contributed by atoms with Gasteiger partial charge in [-0.2, -0.15) is 13.2 Å². The number of nitrogens with one attached hydrogen (secondary N) is 1. The van der Waals surface area contributed by atoms with Crippen LogP contribution in [-0.2, 0) is 6.42 Å². The van der Waals surface area contributed by atoms with Gasteiger partial charge in [-0.05, 0) is 20.3 Å². The van der Waals surface area contributed by atoms with Gasteiger partial charge in [-0.25, -0.2) is 9.97 Å². The van der Waals surface area contributed by atoms with E-state index >= 15 is 0 Å². The topological polar surface area (TPSA) is 47.0 Å². The second-order valence-corrected chi connectivity index (χ2v) is 3.69. The highest BCUT2D eigenvalue weighted by molar-refractivity contribution is 5.48. The Morgan fingerprint density at radius 2 is 2.00 bits per heavy atom. The quantitative estimate of drug-likeness (QED) is 0.887. The molecule has 0 amide bonds. The van der Waals surface area contributed by atoms with Crippen LogP contribution >= 0.6 is 0 Å². The number of ether oxygens (including phenoxy) is 1. The minimum Gasteiger partial charge on any atom is -0.465 e. The summed E-state index contributed by atoms with van der Waals surface area (Å²) in [7, 11) is 0. The Morgan fingerprint density at radius 3 is 2.50 bits per heavy atom.